The Morgan fingerprint density at radius 2 is 2.14 bits per heavy atom. The number of anilines is 1. The summed E-state index contributed by atoms with van der Waals surface area (Å²) < 4.78 is 26.7. The Balaban J connectivity index is 2.28. The maximum absolute atomic E-state index is 12.2. The van der Waals surface area contributed by atoms with E-state index in [-0.39, 0.29) is 10.6 Å². The minimum Gasteiger partial charge on any atom is -0.478 e. The molecular weight excluding hydrogens is 294 g/mol. The zero-order valence-corrected chi connectivity index (χ0v) is 12.4. The molecule has 0 amide bonds. The molecule has 0 bridgehead atoms. The highest BCUT2D eigenvalue weighted by molar-refractivity contribution is 7.92. The van der Waals surface area contributed by atoms with Gasteiger partial charge in [-0.1, -0.05) is 6.92 Å². The Morgan fingerprint density at radius 3 is 2.67 bits per heavy atom. The third kappa shape index (κ3) is 3.22. The summed E-state index contributed by atoms with van der Waals surface area (Å²) in [7, 11) is -3.77. The van der Waals surface area contributed by atoms with Crippen molar-refractivity contribution in [2.75, 3.05) is 4.72 Å². The van der Waals surface area contributed by atoms with E-state index in [9.17, 15) is 13.2 Å². The summed E-state index contributed by atoms with van der Waals surface area (Å²) in [5.74, 6) is -0.476. The maximum Gasteiger partial charge on any atom is 0.335 e. The second kappa shape index (κ2) is 5.57. The highest BCUT2D eigenvalue weighted by Gasteiger charge is 2.18. The number of imidazole rings is 1. The van der Waals surface area contributed by atoms with Gasteiger partial charge in [0, 0.05) is 12.1 Å². The summed E-state index contributed by atoms with van der Waals surface area (Å²) in [5, 5.41) is 8.92. The first-order valence-electron chi connectivity index (χ1n) is 6.24. The molecule has 0 aliphatic carbocycles. The number of carboxylic acids is 1. The van der Waals surface area contributed by atoms with Gasteiger partial charge < -0.3 is 10.1 Å². The van der Waals surface area contributed by atoms with Crippen molar-refractivity contribution in [2.45, 2.75) is 25.3 Å². The van der Waals surface area contributed by atoms with Gasteiger partial charge in [0.15, 0.2) is 5.03 Å². The Labute approximate surface area is 122 Å². The lowest BCUT2D eigenvalue weighted by Crippen LogP contribution is -2.14. The number of aromatic nitrogens is 2. The summed E-state index contributed by atoms with van der Waals surface area (Å²) in [5.41, 5.74) is 0.902. The minimum absolute atomic E-state index is 0.0284. The van der Waals surface area contributed by atoms with E-state index in [4.69, 9.17) is 5.11 Å². The Kier molecular flexibility index (Phi) is 3.99. The van der Waals surface area contributed by atoms with Crippen molar-refractivity contribution in [1.29, 1.82) is 0 Å². The van der Waals surface area contributed by atoms with Crippen LogP contribution in [0.15, 0.2) is 29.4 Å². The largest absolute Gasteiger partial charge is 0.478 e. The van der Waals surface area contributed by atoms with Crippen LogP contribution >= 0.6 is 0 Å². The van der Waals surface area contributed by atoms with Crippen molar-refractivity contribution in [2.24, 2.45) is 0 Å². The average Bonchev–Trinajstić information content (AvgIpc) is 2.87. The van der Waals surface area contributed by atoms with E-state index >= 15 is 0 Å². The number of benzene rings is 1. The van der Waals surface area contributed by atoms with Gasteiger partial charge in [-0.25, -0.2) is 9.78 Å². The average molecular weight is 309 g/mol. The second-order valence-corrected chi connectivity index (χ2v) is 6.14. The van der Waals surface area contributed by atoms with Gasteiger partial charge in [-0.2, -0.15) is 8.42 Å². The van der Waals surface area contributed by atoms with Gasteiger partial charge in [0.1, 0.15) is 5.82 Å². The standard InChI is InChI=1S/C13H15N3O4S/c1-3-11-14-7-12(15-11)21(19,20)16-9-4-5-10(13(17)18)8(2)6-9/h4-7,16H,3H2,1-2H3,(H,14,15)(H,17,18). The van der Waals surface area contributed by atoms with Crippen LogP contribution in [0.5, 0.6) is 0 Å². The van der Waals surface area contributed by atoms with Gasteiger partial charge in [0.25, 0.3) is 10.0 Å². The SMILES string of the molecule is CCc1ncc(S(=O)(=O)Nc2ccc(C(=O)O)c(C)c2)[nH]1. The minimum atomic E-state index is -3.77. The van der Waals surface area contributed by atoms with Gasteiger partial charge in [0.2, 0.25) is 0 Å². The van der Waals surface area contributed by atoms with Crippen LogP contribution < -0.4 is 4.72 Å². The number of H-pyrrole nitrogens is 1. The summed E-state index contributed by atoms with van der Waals surface area (Å²) in [6.45, 7) is 3.46. The van der Waals surface area contributed by atoms with E-state index < -0.39 is 16.0 Å². The van der Waals surface area contributed by atoms with Crippen molar-refractivity contribution in [3.8, 4) is 0 Å². The van der Waals surface area contributed by atoms with Crippen molar-refractivity contribution < 1.29 is 18.3 Å². The molecule has 0 saturated carbocycles. The van der Waals surface area contributed by atoms with Crippen LogP contribution in [0.3, 0.4) is 0 Å². The molecule has 0 aliphatic rings. The summed E-state index contributed by atoms with van der Waals surface area (Å²) in [6.07, 6.45) is 1.85. The predicted molar refractivity (Wildman–Crippen MR) is 76.9 cm³/mol. The number of nitrogens with one attached hydrogen (secondary N) is 2. The molecule has 2 rings (SSSR count). The fourth-order valence-electron chi connectivity index (χ4n) is 1.84. The molecule has 8 heteroatoms. The molecule has 0 radical (unpaired) electrons. The number of aromatic carboxylic acids is 1. The first-order chi connectivity index (χ1) is 9.83. The first kappa shape index (κ1) is 15.0. The van der Waals surface area contributed by atoms with Gasteiger partial charge >= 0.3 is 5.97 Å². The van der Waals surface area contributed by atoms with E-state index in [1.807, 2.05) is 6.92 Å². The molecule has 0 aliphatic heterocycles. The van der Waals surface area contributed by atoms with Crippen molar-refractivity contribution in [1.82, 2.24) is 9.97 Å². The van der Waals surface area contributed by atoms with Gasteiger partial charge in [-0.3, -0.25) is 4.72 Å². The zero-order valence-electron chi connectivity index (χ0n) is 11.5. The Hall–Kier alpha value is -2.35. The highest BCUT2D eigenvalue weighted by Crippen LogP contribution is 2.18. The van der Waals surface area contributed by atoms with Gasteiger partial charge in [-0.15, -0.1) is 0 Å². The van der Waals surface area contributed by atoms with E-state index in [0.717, 1.165) is 0 Å². The lowest BCUT2D eigenvalue weighted by molar-refractivity contribution is 0.0696. The third-order valence-electron chi connectivity index (χ3n) is 2.94. The molecule has 0 spiro atoms. The number of nitrogens with zero attached hydrogens (tertiary/aromatic N) is 1. The summed E-state index contributed by atoms with van der Waals surface area (Å²) in [4.78, 5) is 17.6. The fourth-order valence-corrected chi connectivity index (χ4v) is 2.83. The van der Waals surface area contributed by atoms with Crippen molar-refractivity contribution in [3.63, 3.8) is 0 Å². The van der Waals surface area contributed by atoms with Crippen LogP contribution in [-0.4, -0.2) is 29.5 Å². The van der Waals surface area contributed by atoms with Crippen LogP contribution in [0.25, 0.3) is 0 Å². The van der Waals surface area contributed by atoms with Crippen LogP contribution in [0.2, 0.25) is 0 Å². The molecule has 21 heavy (non-hydrogen) atoms. The number of carbonyl (C=O) groups is 1. The number of sulfonamides is 1. The molecule has 2 aromatic rings. The lowest BCUT2D eigenvalue weighted by Gasteiger charge is -2.08. The lowest BCUT2D eigenvalue weighted by atomic mass is 10.1. The van der Waals surface area contributed by atoms with Crippen LogP contribution in [-0.2, 0) is 16.4 Å². The maximum atomic E-state index is 12.2. The normalized spacial score (nSPS) is 11.3. The highest BCUT2D eigenvalue weighted by atomic mass is 32.2. The molecule has 0 atom stereocenters. The predicted octanol–water partition coefficient (Wildman–Crippen LogP) is 1.78. The molecule has 1 aromatic carbocycles. The molecular formula is C13H15N3O4S. The van der Waals surface area contributed by atoms with Gasteiger partial charge in [0.05, 0.1) is 11.8 Å². The number of aromatic amines is 1. The third-order valence-corrected chi connectivity index (χ3v) is 4.23. The van der Waals surface area contributed by atoms with Gasteiger partial charge in [-0.05, 0) is 30.7 Å². The van der Waals surface area contributed by atoms with Crippen molar-refractivity contribution >= 4 is 21.7 Å². The van der Waals surface area contributed by atoms with Crippen LogP contribution in [0.4, 0.5) is 5.69 Å². The topological polar surface area (TPSA) is 112 Å². The summed E-state index contributed by atoms with van der Waals surface area (Å²) in [6, 6.07) is 4.24. The molecule has 0 unspecified atom stereocenters. The molecule has 3 N–H and O–H groups in total. The zero-order chi connectivity index (χ0) is 15.6. The molecule has 7 nitrogen and oxygen atoms in total. The first-order valence-corrected chi connectivity index (χ1v) is 7.72. The quantitative estimate of drug-likeness (QED) is 0.779. The molecule has 0 saturated heterocycles. The van der Waals surface area contributed by atoms with E-state index in [1.54, 1.807) is 6.92 Å². The smallest absolute Gasteiger partial charge is 0.335 e. The number of hydrogen-bond acceptors (Lipinski definition) is 4. The molecule has 112 valence electrons. The number of rotatable bonds is 5. The van der Waals surface area contributed by atoms with Crippen molar-refractivity contribution in [3.05, 3.63) is 41.3 Å². The van der Waals surface area contributed by atoms with E-state index in [0.29, 0.717) is 23.5 Å². The number of hydrogen-bond donors (Lipinski definition) is 3. The Bertz CT molecular complexity index is 780. The summed E-state index contributed by atoms with van der Waals surface area (Å²) >= 11 is 0. The number of aryl methyl sites for hydroxylation is 2. The van der Waals surface area contributed by atoms with E-state index in [2.05, 4.69) is 14.7 Å². The molecule has 1 aromatic heterocycles. The van der Waals surface area contributed by atoms with Crippen LogP contribution in [0.1, 0.15) is 28.7 Å². The van der Waals surface area contributed by atoms with Crippen LogP contribution in [0, 0.1) is 6.92 Å². The Morgan fingerprint density at radius 1 is 1.43 bits per heavy atom. The number of carboxylic acid groups (broad SMARTS) is 1. The monoisotopic (exact) mass is 309 g/mol. The second-order valence-electron chi connectivity index (χ2n) is 4.49. The molecule has 0 fully saturated rings. The fraction of sp³-hybridized carbons (Fsp3) is 0.231. The molecule has 1 heterocycles. The van der Waals surface area contributed by atoms with E-state index in [1.165, 1.54) is 24.4 Å².